The molecule has 1 aromatic carbocycles. The van der Waals surface area contributed by atoms with E-state index in [1.807, 2.05) is 0 Å². The molecule has 6 nitrogen and oxygen atoms in total. The molecule has 1 fully saturated rings. The summed E-state index contributed by atoms with van der Waals surface area (Å²) in [4.78, 5) is 14.0. The van der Waals surface area contributed by atoms with E-state index in [1.54, 1.807) is 23.1 Å². The number of hydrogen-bond donors (Lipinski definition) is 1. The van der Waals surface area contributed by atoms with E-state index in [-0.39, 0.29) is 35.5 Å². The molecule has 1 aromatic rings. The van der Waals surface area contributed by atoms with Gasteiger partial charge in [-0.1, -0.05) is 18.2 Å². The third-order valence-electron chi connectivity index (χ3n) is 3.64. The van der Waals surface area contributed by atoms with Gasteiger partial charge in [-0.2, -0.15) is 0 Å². The summed E-state index contributed by atoms with van der Waals surface area (Å²) in [5, 5.41) is 9.21. The van der Waals surface area contributed by atoms with E-state index in [0.717, 1.165) is 0 Å². The summed E-state index contributed by atoms with van der Waals surface area (Å²) in [5.74, 6) is -0.544. The van der Waals surface area contributed by atoms with Crippen molar-refractivity contribution in [2.45, 2.75) is 11.3 Å². The summed E-state index contributed by atoms with van der Waals surface area (Å²) in [6, 6.07) is 8.12. The maximum absolute atomic E-state index is 12.2. The van der Waals surface area contributed by atoms with Crippen molar-refractivity contribution in [2.75, 3.05) is 38.7 Å². The highest BCUT2D eigenvalue weighted by Gasteiger charge is 2.24. The maximum Gasteiger partial charge on any atom is 0.223 e. The van der Waals surface area contributed by atoms with Crippen LogP contribution in [0, 0.1) is 5.92 Å². The van der Waals surface area contributed by atoms with Gasteiger partial charge in [0.1, 0.15) is 0 Å². The summed E-state index contributed by atoms with van der Waals surface area (Å²) in [6.07, 6.45) is -0.0601. The zero-order valence-electron chi connectivity index (χ0n) is 12.3. The van der Waals surface area contributed by atoms with Crippen molar-refractivity contribution in [1.29, 1.82) is 0 Å². The van der Waals surface area contributed by atoms with Crippen LogP contribution >= 0.6 is 0 Å². The predicted molar refractivity (Wildman–Crippen MR) is 81.1 cm³/mol. The first kappa shape index (κ1) is 16.9. The lowest BCUT2D eigenvalue weighted by Crippen LogP contribution is -2.37. The predicted octanol–water partition coefficient (Wildman–Crippen LogP) is 0.318. The fourth-order valence-electron chi connectivity index (χ4n) is 2.34. The second-order valence-corrected chi connectivity index (χ2v) is 7.45. The SMILES string of the molecule is O=C(CCS(=O)(=O)c1ccccc1)N1CCOC[C@@H](CO)C1. The third kappa shape index (κ3) is 4.53. The van der Waals surface area contributed by atoms with Crippen molar-refractivity contribution in [3.8, 4) is 0 Å². The Balaban J connectivity index is 1.94. The summed E-state index contributed by atoms with van der Waals surface area (Å²) in [6.45, 7) is 1.61. The van der Waals surface area contributed by atoms with E-state index in [1.165, 1.54) is 12.1 Å². The Morgan fingerprint density at radius 1 is 1.32 bits per heavy atom. The second kappa shape index (κ2) is 7.71. The number of ether oxygens (including phenoxy) is 1. The van der Waals surface area contributed by atoms with Gasteiger partial charge in [-0.3, -0.25) is 4.79 Å². The van der Waals surface area contributed by atoms with Gasteiger partial charge < -0.3 is 14.7 Å². The van der Waals surface area contributed by atoms with Crippen LogP contribution in [0.2, 0.25) is 0 Å². The van der Waals surface area contributed by atoms with Crippen molar-refractivity contribution in [3.05, 3.63) is 30.3 Å². The van der Waals surface area contributed by atoms with Gasteiger partial charge in [-0.05, 0) is 12.1 Å². The van der Waals surface area contributed by atoms with Gasteiger partial charge >= 0.3 is 0 Å². The lowest BCUT2D eigenvalue weighted by Gasteiger charge is -2.22. The molecule has 0 spiro atoms. The first-order chi connectivity index (χ1) is 10.5. The van der Waals surface area contributed by atoms with Crippen LogP contribution in [0.5, 0.6) is 0 Å². The fraction of sp³-hybridized carbons (Fsp3) is 0.533. The van der Waals surface area contributed by atoms with Gasteiger partial charge in [-0.15, -0.1) is 0 Å². The van der Waals surface area contributed by atoms with E-state index >= 15 is 0 Å². The van der Waals surface area contributed by atoms with Crippen LogP contribution in [0.3, 0.4) is 0 Å². The molecule has 7 heteroatoms. The molecule has 1 aliphatic rings. The van der Waals surface area contributed by atoms with Gasteiger partial charge in [0.2, 0.25) is 5.91 Å². The van der Waals surface area contributed by atoms with Gasteiger partial charge in [0.05, 0.1) is 23.9 Å². The zero-order valence-corrected chi connectivity index (χ0v) is 13.2. The van der Waals surface area contributed by atoms with Gasteiger partial charge in [0.15, 0.2) is 9.84 Å². The lowest BCUT2D eigenvalue weighted by molar-refractivity contribution is -0.131. The minimum absolute atomic E-state index is 0.0495. The van der Waals surface area contributed by atoms with Crippen LogP contribution in [0.25, 0.3) is 0 Å². The normalized spacial score (nSPS) is 19.7. The Labute approximate surface area is 130 Å². The topological polar surface area (TPSA) is 83.9 Å². The molecule has 1 aliphatic heterocycles. The molecule has 1 amide bonds. The van der Waals surface area contributed by atoms with E-state index in [2.05, 4.69) is 0 Å². The fourth-order valence-corrected chi connectivity index (χ4v) is 3.59. The molecule has 0 bridgehead atoms. The van der Waals surface area contributed by atoms with Crippen LogP contribution in [0.4, 0.5) is 0 Å². The molecule has 2 rings (SSSR count). The number of rotatable bonds is 5. The molecular weight excluding hydrogens is 306 g/mol. The first-order valence-electron chi connectivity index (χ1n) is 7.27. The van der Waals surface area contributed by atoms with Crippen LogP contribution in [0.1, 0.15) is 6.42 Å². The summed E-state index contributed by atoms with van der Waals surface area (Å²) < 4.78 is 29.7. The molecule has 1 N–H and O–H groups in total. The van der Waals surface area contributed by atoms with Gasteiger partial charge in [0, 0.05) is 32.0 Å². The minimum atomic E-state index is -3.45. The minimum Gasteiger partial charge on any atom is -0.396 e. The number of hydrogen-bond acceptors (Lipinski definition) is 5. The molecule has 0 saturated carbocycles. The summed E-state index contributed by atoms with van der Waals surface area (Å²) in [7, 11) is -3.45. The number of aliphatic hydroxyl groups is 1. The largest absolute Gasteiger partial charge is 0.396 e. The summed E-state index contributed by atoms with van der Waals surface area (Å²) >= 11 is 0. The maximum atomic E-state index is 12.2. The average molecular weight is 327 g/mol. The molecular formula is C15H21NO5S. The third-order valence-corrected chi connectivity index (χ3v) is 5.37. The molecule has 1 atom stereocenters. The van der Waals surface area contributed by atoms with Crippen LogP contribution in [0.15, 0.2) is 35.2 Å². The smallest absolute Gasteiger partial charge is 0.223 e. The van der Waals surface area contributed by atoms with Gasteiger partial charge in [-0.25, -0.2) is 8.42 Å². The van der Waals surface area contributed by atoms with Gasteiger partial charge in [0.25, 0.3) is 0 Å². The molecule has 22 heavy (non-hydrogen) atoms. The van der Waals surface area contributed by atoms with Crippen molar-refractivity contribution >= 4 is 15.7 Å². The number of amides is 1. The highest BCUT2D eigenvalue weighted by Crippen LogP contribution is 2.13. The van der Waals surface area contributed by atoms with Crippen LogP contribution in [-0.2, 0) is 19.4 Å². The Kier molecular flexibility index (Phi) is 5.93. The average Bonchev–Trinajstić information content (AvgIpc) is 2.79. The van der Waals surface area contributed by atoms with Crippen molar-refractivity contribution < 1.29 is 23.1 Å². The van der Waals surface area contributed by atoms with E-state index in [9.17, 15) is 18.3 Å². The lowest BCUT2D eigenvalue weighted by atomic mass is 10.1. The monoisotopic (exact) mass is 327 g/mol. The highest BCUT2D eigenvalue weighted by molar-refractivity contribution is 7.91. The van der Waals surface area contributed by atoms with Crippen molar-refractivity contribution in [1.82, 2.24) is 4.90 Å². The zero-order chi connectivity index (χ0) is 16.0. The molecule has 0 aromatic heterocycles. The Bertz CT molecular complexity index is 587. The number of aliphatic hydroxyl groups excluding tert-OH is 1. The number of carbonyl (C=O) groups is 1. The Hall–Kier alpha value is -1.44. The molecule has 0 radical (unpaired) electrons. The quantitative estimate of drug-likeness (QED) is 0.842. The first-order valence-corrected chi connectivity index (χ1v) is 8.92. The van der Waals surface area contributed by atoms with Crippen molar-refractivity contribution in [3.63, 3.8) is 0 Å². The molecule has 122 valence electrons. The number of benzene rings is 1. The molecule has 0 unspecified atom stereocenters. The van der Waals surface area contributed by atoms with E-state index in [4.69, 9.17) is 4.74 Å². The molecule has 1 heterocycles. The van der Waals surface area contributed by atoms with E-state index < -0.39 is 9.84 Å². The second-order valence-electron chi connectivity index (χ2n) is 5.35. The van der Waals surface area contributed by atoms with E-state index in [0.29, 0.717) is 26.3 Å². The highest BCUT2D eigenvalue weighted by atomic mass is 32.2. The molecule has 1 saturated heterocycles. The summed E-state index contributed by atoms with van der Waals surface area (Å²) in [5.41, 5.74) is 0. The number of sulfone groups is 1. The Morgan fingerprint density at radius 3 is 2.73 bits per heavy atom. The van der Waals surface area contributed by atoms with Crippen LogP contribution in [-0.4, -0.2) is 63.0 Å². The van der Waals surface area contributed by atoms with Crippen molar-refractivity contribution in [2.24, 2.45) is 5.92 Å². The Morgan fingerprint density at radius 2 is 2.05 bits per heavy atom. The van der Waals surface area contributed by atoms with Crippen LogP contribution < -0.4 is 0 Å². The standard InChI is InChI=1S/C15H21NO5S/c17-11-13-10-16(7-8-21-12-13)15(18)6-9-22(19,20)14-4-2-1-3-5-14/h1-5,13,17H,6-12H2/t13-/m1/s1. The number of carbonyl (C=O) groups excluding carboxylic acids is 1. The molecule has 0 aliphatic carbocycles. The number of nitrogens with zero attached hydrogens (tertiary/aromatic N) is 1.